The molecular formula is C40H75N3O. The Morgan fingerprint density at radius 1 is 0.636 bits per heavy atom. The van der Waals surface area contributed by atoms with Gasteiger partial charge >= 0.3 is 0 Å². The number of aromatic amines is 1. The van der Waals surface area contributed by atoms with E-state index in [1.165, 1.54) is 167 Å². The molecule has 1 unspecified atom stereocenters. The van der Waals surface area contributed by atoms with Crippen molar-refractivity contribution in [2.45, 2.75) is 219 Å². The number of hydrogen-bond acceptors (Lipinski definition) is 2. The highest BCUT2D eigenvalue weighted by Crippen LogP contribution is 2.16. The number of nitrogens with zero attached hydrogens (tertiary/aromatic N) is 1. The minimum atomic E-state index is -0.0328. The number of carbonyl (C=O) groups is 1. The minimum Gasteiger partial charge on any atom is -0.348 e. The predicted octanol–water partition coefficient (Wildman–Crippen LogP) is 13.3. The molecule has 1 heterocycles. The Balaban J connectivity index is 1.95. The monoisotopic (exact) mass is 614 g/mol. The van der Waals surface area contributed by atoms with Crippen molar-refractivity contribution in [3.8, 4) is 0 Å². The third-order valence-corrected chi connectivity index (χ3v) is 9.22. The highest BCUT2D eigenvalue weighted by molar-refractivity contribution is 5.76. The fourth-order valence-corrected chi connectivity index (χ4v) is 6.18. The zero-order valence-electron chi connectivity index (χ0n) is 29.9. The summed E-state index contributed by atoms with van der Waals surface area (Å²) in [6.07, 6.45) is 46.3. The molecule has 256 valence electrons. The van der Waals surface area contributed by atoms with Crippen LogP contribution in [-0.4, -0.2) is 15.9 Å². The third-order valence-electron chi connectivity index (χ3n) is 9.22. The molecule has 0 spiro atoms. The lowest BCUT2D eigenvalue weighted by Crippen LogP contribution is -2.26. The summed E-state index contributed by atoms with van der Waals surface area (Å²) >= 11 is 0. The lowest BCUT2D eigenvalue weighted by atomic mass is 10.0. The summed E-state index contributed by atoms with van der Waals surface area (Å²) in [7, 11) is 0. The van der Waals surface area contributed by atoms with Gasteiger partial charge < -0.3 is 10.3 Å². The number of carbonyl (C=O) groups excluding carboxylic acids is 1. The van der Waals surface area contributed by atoms with E-state index in [-0.39, 0.29) is 11.9 Å². The molecule has 0 bridgehead atoms. The largest absolute Gasteiger partial charge is 0.348 e. The van der Waals surface area contributed by atoms with Crippen molar-refractivity contribution in [2.75, 3.05) is 0 Å². The number of amides is 1. The first kappa shape index (κ1) is 40.4. The van der Waals surface area contributed by atoms with Crippen LogP contribution in [-0.2, 0) is 4.79 Å². The molecule has 0 fully saturated rings. The minimum absolute atomic E-state index is 0.0328. The second-order valence-corrected chi connectivity index (χ2v) is 13.6. The Morgan fingerprint density at radius 3 is 1.45 bits per heavy atom. The van der Waals surface area contributed by atoms with Gasteiger partial charge in [-0.25, -0.2) is 4.98 Å². The van der Waals surface area contributed by atoms with Crippen LogP contribution in [0.4, 0.5) is 0 Å². The van der Waals surface area contributed by atoms with E-state index in [9.17, 15) is 4.79 Å². The number of imidazole rings is 1. The summed E-state index contributed by atoms with van der Waals surface area (Å²) in [6.45, 7) is 6.62. The van der Waals surface area contributed by atoms with Gasteiger partial charge in [0.15, 0.2) is 0 Å². The Hall–Kier alpha value is -1.58. The Labute approximate surface area is 274 Å². The quantitative estimate of drug-likeness (QED) is 0.0775. The molecule has 0 saturated carbocycles. The molecule has 1 aromatic heterocycles. The van der Waals surface area contributed by atoms with Crippen LogP contribution in [0.25, 0.3) is 6.08 Å². The van der Waals surface area contributed by atoms with Gasteiger partial charge in [0, 0.05) is 6.42 Å². The summed E-state index contributed by atoms with van der Waals surface area (Å²) < 4.78 is 0. The van der Waals surface area contributed by atoms with Crippen molar-refractivity contribution in [3.63, 3.8) is 0 Å². The molecule has 1 atom stereocenters. The van der Waals surface area contributed by atoms with Gasteiger partial charge in [-0.15, -0.1) is 0 Å². The predicted molar refractivity (Wildman–Crippen MR) is 194 cm³/mol. The van der Waals surface area contributed by atoms with Crippen molar-refractivity contribution in [3.05, 3.63) is 23.8 Å². The highest BCUT2D eigenvalue weighted by atomic mass is 16.1. The van der Waals surface area contributed by atoms with Crippen molar-refractivity contribution in [1.82, 2.24) is 15.3 Å². The normalized spacial score (nSPS) is 12.3. The van der Waals surface area contributed by atoms with Gasteiger partial charge in [0.1, 0.15) is 5.82 Å². The number of nitrogens with one attached hydrogen (secondary N) is 2. The third kappa shape index (κ3) is 25.7. The standard InChI is InChI=1S/C40H75N3O/c1-4-6-8-10-12-14-16-18-20-22-24-26-28-30-32-34-39-41-36-38(43-39)37(3)42-40(44)35-33-31-29-27-25-23-21-19-17-15-13-11-9-7-5-2/h32,34,36-37H,4-31,33,35H2,1-3H3,(H,41,43)(H,42,44). The SMILES string of the molecule is CCCCCCCCCCCCCCCC=Cc1ncc(C(C)NC(=O)CCCCCCCCCCCCCCCCC)[nH]1. The van der Waals surface area contributed by atoms with Crippen LogP contribution in [0.15, 0.2) is 12.3 Å². The fourth-order valence-electron chi connectivity index (χ4n) is 6.18. The summed E-state index contributed by atoms with van der Waals surface area (Å²) in [6, 6.07) is -0.0328. The number of hydrogen-bond donors (Lipinski definition) is 2. The molecular weight excluding hydrogens is 538 g/mol. The molecule has 1 aromatic rings. The summed E-state index contributed by atoms with van der Waals surface area (Å²) in [4.78, 5) is 20.3. The second kappa shape index (κ2) is 31.4. The molecule has 0 aliphatic heterocycles. The van der Waals surface area contributed by atoms with E-state index in [0.29, 0.717) is 6.42 Å². The van der Waals surface area contributed by atoms with Gasteiger partial charge in [-0.3, -0.25) is 4.79 Å². The number of aromatic nitrogens is 2. The fraction of sp³-hybridized carbons (Fsp3) is 0.850. The summed E-state index contributed by atoms with van der Waals surface area (Å²) in [5, 5.41) is 3.15. The summed E-state index contributed by atoms with van der Waals surface area (Å²) in [5.41, 5.74) is 0.982. The van der Waals surface area contributed by atoms with Gasteiger partial charge in [0.25, 0.3) is 0 Å². The van der Waals surface area contributed by atoms with Gasteiger partial charge in [-0.05, 0) is 32.3 Å². The molecule has 4 nitrogen and oxygen atoms in total. The average Bonchev–Trinajstić information content (AvgIpc) is 3.50. The lowest BCUT2D eigenvalue weighted by Gasteiger charge is -2.12. The first-order valence-corrected chi connectivity index (χ1v) is 19.7. The van der Waals surface area contributed by atoms with E-state index in [0.717, 1.165) is 30.8 Å². The molecule has 4 heteroatoms. The molecule has 0 aromatic carbocycles. The number of unbranched alkanes of at least 4 members (excludes halogenated alkanes) is 27. The van der Waals surface area contributed by atoms with E-state index in [2.05, 4.69) is 41.3 Å². The van der Waals surface area contributed by atoms with Gasteiger partial charge in [0.2, 0.25) is 5.91 Å². The van der Waals surface area contributed by atoms with Crippen LogP contribution in [0.1, 0.15) is 231 Å². The average molecular weight is 614 g/mol. The smallest absolute Gasteiger partial charge is 0.220 e. The topological polar surface area (TPSA) is 57.8 Å². The highest BCUT2D eigenvalue weighted by Gasteiger charge is 2.11. The van der Waals surface area contributed by atoms with E-state index in [1.807, 2.05) is 13.1 Å². The molecule has 1 amide bonds. The van der Waals surface area contributed by atoms with Crippen LogP contribution in [0, 0.1) is 0 Å². The number of allylic oxidation sites excluding steroid dienone is 1. The Kier molecular flexibility index (Phi) is 28.9. The van der Waals surface area contributed by atoms with E-state index < -0.39 is 0 Å². The maximum absolute atomic E-state index is 12.4. The van der Waals surface area contributed by atoms with Crippen LogP contribution < -0.4 is 5.32 Å². The Morgan fingerprint density at radius 2 is 1.02 bits per heavy atom. The second-order valence-electron chi connectivity index (χ2n) is 13.6. The molecule has 0 radical (unpaired) electrons. The van der Waals surface area contributed by atoms with Crippen molar-refractivity contribution >= 4 is 12.0 Å². The maximum atomic E-state index is 12.4. The van der Waals surface area contributed by atoms with Gasteiger partial charge in [-0.1, -0.05) is 187 Å². The zero-order chi connectivity index (χ0) is 31.8. The van der Waals surface area contributed by atoms with E-state index in [4.69, 9.17) is 0 Å². The number of rotatable bonds is 33. The summed E-state index contributed by atoms with van der Waals surface area (Å²) in [5.74, 6) is 1.04. The van der Waals surface area contributed by atoms with Crippen LogP contribution in [0.2, 0.25) is 0 Å². The van der Waals surface area contributed by atoms with Gasteiger partial charge in [-0.2, -0.15) is 0 Å². The van der Waals surface area contributed by atoms with Gasteiger partial charge in [0.05, 0.1) is 17.9 Å². The molecule has 1 rings (SSSR count). The Bertz CT molecular complexity index is 770. The van der Waals surface area contributed by atoms with Crippen LogP contribution in [0.5, 0.6) is 0 Å². The molecule has 0 aliphatic rings. The molecule has 2 N–H and O–H groups in total. The number of H-pyrrole nitrogens is 1. The van der Waals surface area contributed by atoms with Crippen LogP contribution in [0.3, 0.4) is 0 Å². The van der Waals surface area contributed by atoms with Crippen molar-refractivity contribution < 1.29 is 4.79 Å². The van der Waals surface area contributed by atoms with E-state index in [1.54, 1.807) is 0 Å². The molecule has 44 heavy (non-hydrogen) atoms. The zero-order valence-corrected chi connectivity index (χ0v) is 29.9. The molecule has 0 saturated heterocycles. The first-order valence-electron chi connectivity index (χ1n) is 19.7. The lowest BCUT2D eigenvalue weighted by molar-refractivity contribution is -0.121. The van der Waals surface area contributed by atoms with Crippen molar-refractivity contribution in [2.24, 2.45) is 0 Å². The van der Waals surface area contributed by atoms with E-state index >= 15 is 0 Å². The maximum Gasteiger partial charge on any atom is 0.220 e. The molecule has 0 aliphatic carbocycles. The first-order chi connectivity index (χ1) is 21.7. The van der Waals surface area contributed by atoms with Crippen molar-refractivity contribution in [1.29, 1.82) is 0 Å². The van der Waals surface area contributed by atoms with Crippen LogP contribution >= 0.6 is 0 Å².